The summed E-state index contributed by atoms with van der Waals surface area (Å²) in [6.45, 7) is 7.36. The Hall–Kier alpha value is -2.52. The van der Waals surface area contributed by atoms with Gasteiger partial charge in [-0.05, 0) is 24.6 Å². The highest BCUT2D eigenvalue weighted by Gasteiger charge is 2.24. The van der Waals surface area contributed by atoms with Crippen LogP contribution in [0.3, 0.4) is 0 Å². The molecule has 0 amide bonds. The van der Waals surface area contributed by atoms with Gasteiger partial charge in [-0.1, -0.05) is 6.07 Å². The molecular formula is C19H23N5O3S. The van der Waals surface area contributed by atoms with E-state index in [0.717, 1.165) is 43.5 Å². The third-order valence-electron chi connectivity index (χ3n) is 5.19. The van der Waals surface area contributed by atoms with Gasteiger partial charge in [0.1, 0.15) is 10.4 Å². The van der Waals surface area contributed by atoms with Crippen LogP contribution in [0, 0.1) is 6.92 Å². The smallest absolute Gasteiger partial charge is 0.225 e. The summed E-state index contributed by atoms with van der Waals surface area (Å²) in [5, 5.41) is 0. The maximum atomic E-state index is 11.5. The van der Waals surface area contributed by atoms with Gasteiger partial charge in [0.25, 0.3) is 0 Å². The number of nitrogens with zero attached hydrogens (tertiary/aromatic N) is 5. The summed E-state index contributed by atoms with van der Waals surface area (Å²) in [7, 11) is -3.28. The number of aryl methyl sites for hydroxylation is 1. The molecule has 148 valence electrons. The molecule has 1 unspecified atom stereocenters. The number of sulfone groups is 1. The first-order valence-electron chi connectivity index (χ1n) is 9.19. The van der Waals surface area contributed by atoms with E-state index in [2.05, 4.69) is 43.8 Å². The zero-order valence-corrected chi connectivity index (χ0v) is 17.0. The van der Waals surface area contributed by atoms with Gasteiger partial charge in [-0.25, -0.2) is 23.4 Å². The van der Waals surface area contributed by atoms with Crippen LogP contribution in [0.4, 0.5) is 5.95 Å². The van der Waals surface area contributed by atoms with Crippen molar-refractivity contribution in [1.82, 2.24) is 19.9 Å². The van der Waals surface area contributed by atoms with Crippen molar-refractivity contribution in [3.8, 4) is 0 Å². The van der Waals surface area contributed by atoms with Gasteiger partial charge in [0, 0.05) is 45.4 Å². The van der Waals surface area contributed by atoms with Crippen LogP contribution >= 0.6 is 0 Å². The van der Waals surface area contributed by atoms with E-state index in [4.69, 9.17) is 4.42 Å². The standard InChI is InChI=1S/C19H23N5O3S/c1-13(15-4-5-18-17(10-15)22-14(2)27-18)23-6-8-24(9-7-23)19-20-11-16(12-21-19)28(3,25)26/h4-5,10-13H,6-9H2,1-3H3. The second kappa shape index (κ2) is 7.14. The number of oxazole rings is 1. The molecule has 4 rings (SSSR count). The van der Waals surface area contributed by atoms with Crippen molar-refractivity contribution < 1.29 is 12.8 Å². The molecule has 1 saturated heterocycles. The van der Waals surface area contributed by atoms with E-state index in [1.54, 1.807) is 0 Å². The zero-order valence-electron chi connectivity index (χ0n) is 16.2. The molecular weight excluding hydrogens is 378 g/mol. The Morgan fingerprint density at radius 2 is 1.79 bits per heavy atom. The van der Waals surface area contributed by atoms with Gasteiger partial charge >= 0.3 is 0 Å². The molecule has 0 N–H and O–H groups in total. The minimum Gasteiger partial charge on any atom is -0.441 e. The molecule has 3 aromatic rings. The van der Waals surface area contributed by atoms with E-state index in [1.807, 2.05) is 13.0 Å². The minimum atomic E-state index is -3.28. The van der Waals surface area contributed by atoms with Crippen LogP contribution in [0.1, 0.15) is 24.4 Å². The van der Waals surface area contributed by atoms with Crippen molar-refractivity contribution >= 4 is 26.9 Å². The van der Waals surface area contributed by atoms with E-state index in [-0.39, 0.29) is 10.9 Å². The number of benzene rings is 1. The summed E-state index contributed by atoms with van der Waals surface area (Å²) in [6, 6.07) is 6.43. The summed E-state index contributed by atoms with van der Waals surface area (Å²) in [6.07, 6.45) is 3.91. The number of anilines is 1. The number of fused-ring (bicyclic) bond motifs is 1. The second-order valence-corrected chi connectivity index (χ2v) is 9.17. The average Bonchev–Trinajstić information content (AvgIpc) is 3.06. The van der Waals surface area contributed by atoms with Gasteiger partial charge in [0.2, 0.25) is 5.95 Å². The van der Waals surface area contributed by atoms with Gasteiger partial charge in [-0.2, -0.15) is 0 Å². The van der Waals surface area contributed by atoms with Crippen molar-refractivity contribution in [3.63, 3.8) is 0 Å². The first kappa shape index (κ1) is 18.8. The Kier molecular flexibility index (Phi) is 4.80. The fourth-order valence-electron chi connectivity index (χ4n) is 3.50. The number of hydrogen-bond acceptors (Lipinski definition) is 8. The van der Waals surface area contributed by atoms with Crippen LogP contribution in [0.2, 0.25) is 0 Å². The molecule has 1 aliphatic rings. The lowest BCUT2D eigenvalue weighted by Crippen LogP contribution is -2.47. The maximum absolute atomic E-state index is 11.5. The summed E-state index contributed by atoms with van der Waals surface area (Å²) < 4.78 is 28.6. The quantitative estimate of drug-likeness (QED) is 0.657. The lowest BCUT2D eigenvalue weighted by Gasteiger charge is -2.38. The lowest BCUT2D eigenvalue weighted by molar-refractivity contribution is 0.198. The molecule has 1 atom stereocenters. The highest BCUT2D eigenvalue weighted by Crippen LogP contribution is 2.26. The first-order chi connectivity index (χ1) is 13.3. The third kappa shape index (κ3) is 3.72. The topological polar surface area (TPSA) is 92.4 Å². The molecule has 9 heteroatoms. The Labute approximate surface area is 164 Å². The maximum Gasteiger partial charge on any atom is 0.225 e. The molecule has 1 aliphatic heterocycles. The first-order valence-corrected chi connectivity index (χ1v) is 11.1. The molecule has 2 aromatic heterocycles. The van der Waals surface area contributed by atoms with Crippen LogP contribution in [-0.2, 0) is 9.84 Å². The molecule has 1 fully saturated rings. The van der Waals surface area contributed by atoms with Crippen molar-refractivity contribution in [2.75, 3.05) is 37.3 Å². The lowest BCUT2D eigenvalue weighted by atomic mass is 10.1. The zero-order chi connectivity index (χ0) is 19.9. The molecule has 28 heavy (non-hydrogen) atoms. The predicted octanol–water partition coefficient (Wildman–Crippen LogP) is 2.21. The van der Waals surface area contributed by atoms with E-state index in [1.165, 1.54) is 18.0 Å². The Balaban J connectivity index is 1.42. The van der Waals surface area contributed by atoms with Crippen molar-refractivity contribution in [1.29, 1.82) is 0 Å². The van der Waals surface area contributed by atoms with E-state index in [9.17, 15) is 8.42 Å². The highest BCUT2D eigenvalue weighted by atomic mass is 32.2. The normalized spacial score (nSPS) is 17.2. The number of piperazine rings is 1. The van der Waals surface area contributed by atoms with Crippen LogP contribution in [0.15, 0.2) is 39.9 Å². The van der Waals surface area contributed by atoms with Gasteiger partial charge in [-0.3, -0.25) is 4.90 Å². The van der Waals surface area contributed by atoms with E-state index < -0.39 is 9.84 Å². The Morgan fingerprint density at radius 1 is 1.11 bits per heavy atom. The van der Waals surface area contributed by atoms with Crippen LogP contribution in [0.5, 0.6) is 0 Å². The predicted molar refractivity (Wildman–Crippen MR) is 106 cm³/mol. The highest BCUT2D eigenvalue weighted by molar-refractivity contribution is 7.90. The molecule has 1 aromatic carbocycles. The van der Waals surface area contributed by atoms with Crippen LogP contribution < -0.4 is 4.90 Å². The van der Waals surface area contributed by atoms with Gasteiger partial charge < -0.3 is 9.32 Å². The summed E-state index contributed by atoms with van der Waals surface area (Å²) in [5.74, 6) is 1.24. The van der Waals surface area contributed by atoms with Crippen molar-refractivity contribution in [3.05, 3.63) is 42.0 Å². The molecule has 8 nitrogen and oxygen atoms in total. The van der Waals surface area contributed by atoms with Crippen LogP contribution in [-0.4, -0.2) is 60.7 Å². The molecule has 0 radical (unpaired) electrons. The number of hydrogen-bond donors (Lipinski definition) is 0. The van der Waals surface area contributed by atoms with Gasteiger partial charge in [-0.15, -0.1) is 0 Å². The molecule has 0 aliphatic carbocycles. The van der Waals surface area contributed by atoms with Crippen molar-refractivity contribution in [2.24, 2.45) is 0 Å². The van der Waals surface area contributed by atoms with Gasteiger partial charge in [0.05, 0.1) is 12.4 Å². The largest absolute Gasteiger partial charge is 0.441 e. The number of rotatable bonds is 4. The number of aromatic nitrogens is 3. The SMILES string of the molecule is Cc1nc2cc(C(C)N3CCN(c4ncc(S(C)(=O)=O)cn4)CC3)ccc2o1. The summed E-state index contributed by atoms with van der Waals surface area (Å²) in [5.41, 5.74) is 2.91. The average molecular weight is 401 g/mol. The molecule has 0 bridgehead atoms. The summed E-state index contributed by atoms with van der Waals surface area (Å²) >= 11 is 0. The molecule has 0 saturated carbocycles. The fourth-order valence-corrected chi connectivity index (χ4v) is 3.99. The van der Waals surface area contributed by atoms with Gasteiger partial charge in [0.15, 0.2) is 21.3 Å². The Bertz CT molecular complexity index is 1090. The summed E-state index contributed by atoms with van der Waals surface area (Å²) in [4.78, 5) is 17.5. The fraction of sp³-hybridized carbons (Fsp3) is 0.421. The van der Waals surface area contributed by atoms with E-state index in [0.29, 0.717) is 11.8 Å². The monoisotopic (exact) mass is 401 g/mol. The minimum absolute atomic E-state index is 0.141. The van der Waals surface area contributed by atoms with Crippen molar-refractivity contribution in [2.45, 2.75) is 24.8 Å². The Morgan fingerprint density at radius 3 is 2.43 bits per heavy atom. The molecule has 3 heterocycles. The van der Waals surface area contributed by atoms with E-state index >= 15 is 0 Å². The third-order valence-corrected chi connectivity index (χ3v) is 6.26. The van der Waals surface area contributed by atoms with Crippen LogP contribution in [0.25, 0.3) is 11.1 Å². The molecule has 0 spiro atoms. The second-order valence-electron chi connectivity index (χ2n) is 7.15.